The zero-order valence-corrected chi connectivity index (χ0v) is 19.4. The van der Waals surface area contributed by atoms with Gasteiger partial charge < -0.3 is 29.9 Å². The van der Waals surface area contributed by atoms with Gasteiger partial charge in [-0.1, -0.05) is 96.8 Å². The Morgan fingerprint density at radius 3 is 1.65 bits per heavy atom. The number of aliphatic hydroxyl groups is 4. The highest BCUT2D eigenvalue weighted by Crippen LogP contribution is 2.23. The molecule has 0 radical (unpaired) electrons. The molecule has 7 heteroatoms. The Hall–Kier alpha value is -0.730. The van der Waals surface area contributed by atoms with Crippen LogP contribution < -0.4 is 0 Å². The first kappa shape index (κ1) is 28.3. The summed E-state index contributed by atoms with van der Waals surface area (Å²) in [6.45, 7) is 1.71. The lowest BCUT2D eigenvalue weighted by atomic mass is 9.99. The fourth-order valence-corrected chi connectivity index (χ4v) is 4.06. The van der Waals surface area contributed by atoms with Gasteiger partial charge >= 0.3 is 5.97 Å². The second kappa shape index (κ2) is 17.8. The van der Waals surface area contributed by atoms with Crippen molar-refractivity contribution in [2.24, 2.45) is 0 Å². The Morgan fingerprint density at radius 2 is 1.19 bits per heavy atom. The number of rotatable bonds is 18. The predicted octanol–water partition coefficient (Wildman–Crippen LogP) is 3.59. The number of hydrogen-bond acceptors (Lipinski definition) is 7. The lowest BCUT2D eigenvalue weighted by molar-refractivity contribution is -0.289. The van der Waals surface area contributed by atoms with Crippen molar-refractivity contribution in [3.63, 3.8) is 0 Å². The average molecular weight is 447 g/mol. The summed E-state index contributed by atoms with van der Waals surface area (Å²) in [5.74, 6) is -0.524. The highest BCUT2D eigenvalue weighted by molar-refractivity contribution is 5.69. The molecule has 0 unspecified atom stereocenters. The van der Waals surface area contributed by atoms with Crippen molar-refractivity contribution in [3.8, 4) is 0 Å². The Bertz CT molecular complexity index is 446. The standard InChI is InChI=1S/C24H46O7/c1-2-3-4-5-6-7-8-9-10-11-12-13-14-15-16-17-20(26)31-23-21(27)19(18-25)30-24(29)22(23)28/h19,21-25,27-29H,2-18H2,1H3/t19-,21-,22-,23+,24+/m1/s1. The maximum Gasteiger partial charge on any atom is 0.306 e. The second-order valence-corrected chi connectivity index (χ2v) is 8.88. The molecule has 0 spiro atoms. The summed E-state index contributed by atoms with van der Waals surface area (Å²) in [4.78, 5) is 12.0. The lowest BCUT2D eigenvalue weighted by Crippen LogP contribution is -2.59. The largest absolute Gasteiger partial charge is 0.456 e. The first-order valence-electron chi connectivity index (χ1n) is 12.5. The molecule has 4 N–H and O–H groups in total. The van der Waals surface area contributed by atoms with Gasteiger partial charge in [0, 0.05) is 6.42 Å². The Balaban J connectivity index is 1.97. The van der Waals surface area contributed by atoms with E-state index in [-0.39, 0.29) is 6.42 Å². The van der Waals surface area contributed by atoms with E-state index in [0.29, 0.717) is 6.42 Å². The van der Waals surface area contributed by atoms with E-state index in [9.17, 15) is 20.1 Å². The second-order valence-electron chi connectivity index (χ2n) is 8.88. The van der Waals surface area contributed by atoms with Gasteiger partial charge in [-0.05, 0) is 6.42 Å². The summed E-state index contributed by atoms with van der Waals surface area (Å²) >= 11 is 0. The maximum absolute atomic E-state index is 12.0. The van der Waals surface area contributed by atoms with Gasteiger partial charge in [0.05, 0.1) is 6.61 Å². The minimum atomic E-state index is -1.61. The Labute approximate surface area is 188 Å². The van der Waals surface area contributed by atoms with E-state index >= 15 is 0 Å². The number of aliphatic hydroxyl groups excluding tert-OH is 4. The zero-order chi connectivity index (χ0) is 22.9. The molecular weight excluding hydrogens is 400 g/mol. The summed E-state index contributed by atoms with van der Waals surface area (Å²) in [5, 5.41) is 38.7. The molecule has 0 amide bonds. The molecule has 1 fully saturated rings. The third kappa shape index (κ3) is 12.2. The first-order chi connectivity index (χ1) is 15.0. The molecule has 0 aromatic heterocycles. The quantitative estimate of drug-likeness (QED) is 0.188. The van der Waals surface area contributed by atoms with Gasteiger partial charge in [0.15, 0.2) is 12.4 Å². The molecule has 0 aromatic rings. The number of unbranched alkanes of at least 4 members (excludes halogenated alkanes) is 14. The molecule has 7 nitrogen and oxygen atoms in total. The van der Waals surface area contributed by atoms with Crippen molar-refractivity contribution in [2.75, 3.05) is 6.61 Å². The third-order valence-corrected chi connectivity index (χ3v) is 6.09. The van der Waals surface area contributed by atoms with E-state index in [4.69, 9.17) is 14.6 Å². The van der Waals surface area contributed by atoms with Crippen molar-refractivity contribution in [2.45, 2.75) is 140 Å². The summed E-state index contributed by atoms with van der Waals surface area (Å²) in [7, 11) is 0. The molecule has 1 saturated heterocycles. The molecule has 184 valence electrons. The van der Waals surface area contributed by atoms with E-state index in [1.54, 1.807) is 0 Å². The van der Waals surface area contributed by atoms with Crippen LogP contribution in [0.5, 0.6) is 0 Å². The van der Waals surface area contributed by atoms with Crippen LogP contribution in [0.4, 0.5) is 0 Å². The number of esters is 1. The van der Waals surface area contributed by atoms with Crippen LogP contribution in [0.15, 0.2) is 0 Å². The summed E-state index contributed by atoms with van der Waals surface area (Å²) in [6, 6.07) is 0. The smallest absolute Gasteiger partial charge is 0.306 e. The van der Waals surface area contributed by atoms with Crippen LogP contribution in [-0.4, -0.2) is 63.7 Å². The van der Waals surface area contributed by atoms with Crippen molar-refractivity contribution in [1.82, 2.24) is 0 Å². The molecule has 31 heavy (non-hydrogen) atoms. The van der Waals surface area contributed by atoms with Crippen LogP contribution in [0.25, 0.3) is 0 Å². The van der Waals surface area contributed by atoms with Gasteiger partial charge in [-0.15, -0.1) is 0 Å². The molecule has 0 saturated carbocycles. The van der Waals surface area contributed by atoms with Gasteiger partial charge in [0.25, 0.3) is 0 Å². The minimum Gasteiger partial charge on any atom is -0.456 e. The first-order valence-corrected chi connectivity index (χ1v) is 12.5. The highest BCUT2D eigenvalue weighted by atomic mass is 16.7. The molecule has 0 aliphatic carbocycles. The van der Waals surface area contributed by atoms with Crippen molar-refractivity contribution in [1.29, 1.82) is 0 Å². The molecule has 1 heterocycles. The van der Waals surface area contributed by atoms with E-state index in [1.807, 2.05) is 0 Å². The van der Waals surface area contributed by atoms with E-state index in [2.05, 4.69) is 6.92 Å². The van der Waals surface area contributed by atoms with Gasteiger partial charge in [-0.25, -0.2) is 0 Å². The normalized spacial score (nSPS) is 26.2. The van der Waals surface area contributed by atoms with Gasteiger partial charge in [0.1, 0.15) is 18.3 Å². The van der Waals surface area contributed by atoms with Crippen LogP contribution in [0, 0.1) is 0 Å². The maximum atomic E-state index is 12.0. The fraction of sp³-hybridized carbons (Fsp3) is 0.958. The zero-order valence-electron chi connectivity index (χ0n) is 19.4. The van der Waals surface area contributed by atoms with E-state index in [0.717, 1.165) is 12.8 Å². The molecule has 1 rings (SSSR count). The Kier molecular flexibility index (Phi) is 16.2. The molecule has 1 aliphatic heterocycles. The summed E-state index contributed by atoms with van der Waals surface area (Å²) < 4.78 is 10.0. The highest BCUT2D eigenvalue weighted by Gasteiger charge is 2.45. The molecule has 1 aliphatic rings. The third-order valence-electron chi connectivity index (χ3n) is 6.09. The van der Waals surface area contributed by atoms with Gasteiger partial charge in [0.2, 0.25) is 0 Å². The number of hydrogen-bond donors (Lipinski definition) is 4. The van der Waals surface area contributed by atoms with Crippen LogP contribution in [0.2, 0.25) is 0 Å². The molecule has 5 atom stereocenters. The average Bonchev–Trinajstić information content (AvgIpc) is 2.76. The van der Waals surface area contributed by atoms with Crippen molar-refractivity contribution >= 4 is 5.97 Å². The molecular formula is C24H46O7. The molecule has 0 bridgehead atoms. The Morgan fingerprint density at radius 1 is 0.742 bits per heavy atom. The summed E-state index contributed by atoms with van der Waals surface area (Å²) in [5.41, 5.74) is 0. The van der Waals surface area contributed by atoms with Crippen LogP contribution in [-0.2, 0) is 14.3 Å². The van der Waals surface area contributed by atoms with Crippen LogP contribution in [0.1, 0.15) is 110 Å². The van der Waals surface area contributed by atoms with E-state index in [1.165, 1.54) is 77.0 Å². The van der Waals surface area contributed by atoms with Gasteiger partial charge in [-0.3, -0.25) is 4.79 Å². The minimum absolute atomic E-state index is 0.203. The topological polar surface area (TPSA) is 116 Å². The van der Waals surface area contributed by atoms with Crippen LogP contribution >= 0.6 is 0 Å². The van der Waals surface area contributed by atoms with Crippen LogP contribution in [0.3, 0.4) is 0 Å². The lowest BCUT2D eigenvalue weighted by Gasteiger charge is -2.39. The fourth-order valence-electron chi connectivity index (χ4n) is 4.06. The predicted molar refractivity (Wildman–Crippen MR) is 119 cm³/mol. The number of carbonyl (C=O) groups excluding carboxylic acids is 1. The summed E-state index contributed by atoms with van der Waals surface area (Å²) in [6.07, 6.45) is 11.9. The van der Waals surface area contributed by atoms with Crippen molar-refractivity contribution < 1.29 is 34.7 Å². The van der Waals surface area contributed by atoms with Crippen molar-refractivity contribution in [3.05, 3.63) is 0 Å². The molecule has 0 aromatic carbocycles. The SMILES string of the molecule is CCCCCCCCCCCCCCCCCC(=O)O[C@@H]1[C@@H](O)[C@@H](O)O[C@H](CO)[C@H]1O. The van der Waals surface area contributed by atoms with Gasteiger partial charge in [-0.2, -0.15) is 0 Å². The monoisotopic (exact) mass is 446 g/mol. The number of ether oxygens (including phenoxy) is 2. The van der Waals surface area contributed by atoms with E-state index < -0.39 is 43.3 Å². The number of carbonyl (C=O) groups is 1.